The number of rotatable bonds is 6. The molecule has 1 amide bonds. The van der Waals surface area contributed by atoms with E-state index < -0.39 is 0 Å². The van der Waals surface area contributed by atoms with Gasteiger partial charge < -0.3 is 14.7 Å². The van der Waals surface area contributed by atoms with Crippen molar-refractivity contribution in [2.75, 3.05) is 5.75 Å². The Kier molecular flexibility index (Phi) is 5.08. The van der Waals surface area contributed by atoms with Gasteiger partial charge in [-0.3, -0.25) is 4.79 Å². The van der Waals surface area contributed by atoms with Gasteiger partial charge in [0.1, 0.15) is 6.04 Å². The van der Waals surface area contributed by atoms with Gasteiger partial charge in [0.25, 0.3) is 0 Å². The maximum atomic E-state index is 12.1. The van der Waals surface area contributed by atoms with E-state index in [0.717, 1.165) is 16.2 Å². The molecule has 0 aliphatic heterocycles. The summed E-state index contributed by atoms with van der Waals surface area (Å²) in [4.78, 5) is 19.8. The molecule has 132 valence electrons. The van der Waals surface area contributed by atoms with E-state index >= 15 is 0 Å². The molecule has 0 saturated carbocycles. The molecule has 0 bridgehead atoms. The predicted molar refractivity (Wildman–Crippen MR) is 96.5 cm³/mol. The van der Waals surface area contributed by atoms with Gasteiger partial charge in [0.2, 0.25) is 17.7 Å². The van der Waals surface area contributed by atoms with Crippen LogP contribution in [0.15, 0.2) is 27.8 Å². The first kappa shape index (κ1) is 17.5. The molecule has 2 N–H and O–H groups in total. The number of hydrogen-bond acceptors (Lipinski definition) is 6. The van der Waals surface area contributed by atoms with Crippen molar-refractivity contribution in [1.82, 2.24) is 25.5 Å². The zero-order valence-electron chi connectivity index (χ0n) is 14.7. The smallest absolute Gasteiger partial charge is 0.238 e. The molecule has 3 aromatic rings. The van der Waals surface area contributed by atoms with Crippen molar-refractivity contribution in [1.29, 1.82) is 0 Å². The number of imidazole rings is 1. The number of aryl methyl sites for hydroxylation is 1. The maximum Gasteiger partial charge on any atom is 0.238 e. The van der Waals surface area contributed by atoms with E-state index in [1.165, 1.54) is 17.3 Å². The third-order valence-corrected chi connectivity index (χ3v) is 4.53. The Bertz CT molecular complexity index is 886. The number of carbonyl (C=O) groups is 1. The summed E-state index contributed by atoms with van der Waals surface area (Å²) < 4.78 is 5.56. The molecule has 7 nitrogen and oxygen atoms in total. The zero-order valence-corrected chi connectivity index (χ0v) is 15.5. The molecule has 0 saturated heterocycles. The van der Waals surface area contributed by atoms with Crippen LogP contribution in [-0.4, -0.2) is 31.8 Å². The lowest BCUT2D eigenvalue weighted by molar-refractivity contribution is -0.119. The molecule has 0 spiro atoms. The van der Waals surface area contributed by atoms with Crippen molar-refractivity contribution in [3.05, 3.63) is 35.5 Å². The summed E-state index contributed by atoms with van der Waals surface area (Å²) in [5.41, 5.74) is 3.04. The van der Waals surface area contributed by atoms with Gasteiger partial charge in [-0.05, 0) is 31.5 Å². The molecule has 0 aliphatic carbocycles. The summed E-state index contributed by atoms with van der Waals surface area (Å²) in [6, 6.07) is 5.69. The Balaban J connectivity index is 1.56. The number of thioether (sulfide) groups is 1. The number of nitrogens with one attached hydrogen (secondary N) is 2. The van der Waals surface area contributed by atoms with Gasteiger partial charge in [0.15, 0.2) is 5.16 Å². The van der Waals surface area contributed by atoms with E-state index in [1.807, 2.05) is 45.9 Å². The second-order valence-corrected chi connectivity index (χ2v) is 7.24. The van der Waals surface area contributed by atoms with Crippen LogP contribution < -0.4 is 5.32 Å². The van der Waals surface area contributed by atoms with Gasteiger partial charge in [-0.1, -0.05) is 31.7 Å². The highest BCUT2D eigenvalue weighted by atomic mass is 32.2. The van der Waals surface area contributed by atoms with E-state index in [4.69, 9.17) is 4.42 Å². The van der Waals surface area contributed by atoms with E-state index in [0.29, 0.717) is 11.8 Å². The monoisotopic (exact) mass is 359 g/mol. The Morgan fingerprint density at radius 3 is 2.76 bits per heavy atom. The summed E-state index contributed by atoms with van der Waals surface area (Å²) in [7, 11) is 0. The van der Waals surface area contributed by atoms with Gasteiger partial charge in [0.05, 0.1) is 16.8 Å². The van der Waals surface area contributed by atoms with E-state index in [-0.39, 0.29) is 23.6 Å². The van der Waals surface area contributed by atoms with Gasteiger partial charge in [0, 0.05) is 5.92 Å². The summed E-state index contributed by atoms with van der Waals surface area (Å²) in [5, 5.41) is 11.6. The molecular weight excluding hydrogens is 338 g/mol. The standard InChI is InChI=1S/C17H21N5O2S/c1-9(2)15-21-22-16(24-15)11(4)18-14(23)8-25-17-19-12-6-5-10(3)7-13(12)20-17/h5-7,9,11H,8H2,1-4H3,(H,18,23)(H,19,20). The molecule has 1 aromatic carbocycles. The molecule has 0 fully saturated rings. The fourth-order valence-corrected chi connectivity index (χ4v) is 3.00. The van der Waals surface area contributed by atoms with Crippen LogP contribution in [0, 0.1) is 6.92 Å². The van der Waals surface area contributed by atoms with Crippen molar-refractivity contribution in [3.8, 4) is 0 Å². The highest BCUT2D eigenvalue weighted by molar-refractivity contribution is 7.99. The summed E-state index contributed by atoms with van der Waals surface area (Å²) in [6.45, 7) is 7.81. The third kappa shape index (κ3) is 4.19. The third-order valence-electron chi connectivity index (χ3n) is 3.65. The number of H-pyrrole nitrogens is 1. The Morgan fingerprint density at radius 2 is 2.04 bits per heavy atom. The predicted octanol–water partition coefficient (Wildman–Crippen LogP) is 3.35. The Labute approximate surface area is 150 Å². The van der Waals surface area contributed by atoms with Crippen LogP contribution in [0.4, 0.5) is 0 Å². The van der Waals surface area contributed by atoms with Gasteiger partial charge in [-0.2, -0.15) is 0 Å². The van der Waals surface area contributed by atoms with Gasteiger partial charge in [-0.25, -0.2) is 4.98 Å². The average molecular weight is 359 g/mol. The maximum absolute atomic E-state index is 12.1. The van der Waals surface area contributed by atoms with Crippen LogP contribution in [0.3, 0.4) is 0 Å². The minimum atomic E-state index is -0.327. The number of fused-ring (bicyclic) bond motifs is 1. The number of amides is 1. The van der Waals surface area contributed by atoms with Crippen molar-refractivity contribution >= 4 is 28.7 Å². The molecule has 0 aliphatic rings. The largest absolute Gasteiger partial charge is 0.423 e. The van der Waals surface area contributed by atoms with Crippen LogP contribution in [0.25, 0.3) is 11.0 Å². The highest BCUT2D eigenvalue weighted by Gasteiger charge is 2.18. The minimum absolute atomic E-state index is 0.113. The Morgan fingerprint density at radius 1 is 1.28 bits per heavy atom. The molecule has 25 heavy (non-hydrogen) atoms. The molecule has 3 rings (SSSR count). The van der Waals surface area contributed by atoms with Crippen LogP contribution in [-0.2, 0) is 4.79 Å². The lowest BCUT2D eigenvalue weighted by Gasteiger charge is -2.09. The first-order valence-electron chi connectivity index (χ1n) is 8.14. The molecule has 8 heteroatoms. The molecule has 1 unspecified atom stereocenters. The van der Waals surface area contributed by atoms with Gasteiger partial charge in [-0.15, -0.1) is 10.2 Å². The lowest BCUT2D eigenvalue weighted by Crippen LogP contribution is -2.28. The first-order chi connectivity index (χ1) is 11.9. The van der Waals surface area contributed by atoms with E-state index in [9.17, 15) is 4.79 Å². The minimum Gasteiger partial charge on any atom is -0.423 e. The number of carbonyl (C=O) groups excluding carboxylic acids is 1. The lowest BCUT2D eigenvalue weighted by atomic mass is 10.2. The molecule has 2 aromatic heterocycles. The van der Waals surface area contributed by atoms with Crippen LogP contribution in [0.5, 0.6) is 0 Å². The van der Waals surface area contributed by atoms with Crippen molar-refractivity contribution in [2.24, 2.45) is 0 Å². The second kappa shape index (κ2) is 7.26. The molecule has 1 atom stereocenters. The SMILES string of the molecule is Cc1ccc2nc(SCC(=O)NC(C)c3nnc(C(C)C)o3)[nH]c2c1. The van der Waals surface area contributed by atoms with Crippen LogP contribution in [0.2, 0.25) is 0 Å². The summed E-state index contributed by atoms with van der Waals surface area (Å²) in [6.07, 6.45) is 0. The molecular formula is C17H21N5O2S. The Hall–Kier alpha value is -2.35. The quantitative estimate of drug-likeness (QED) is 0.655. The number of hydrogen-bond donors (Lipinski definition) is 2. The number of benzene rings is 1. The summed E-state index contributed by atoms with van der Waals surface area (Å²) >= 11 is 1.36. The van der Waals surface area contributed by atoms with Crippen molar-refractivity contribution in [2.45, 2.75) is 44.8 Å². The number of nitrogens with zero attached hydrogens (tertiary/aromatic N) is 3. The summed E-state index contributed by atoms with van der Waals surface area (Å²) in [5.74, 6) is 1.30. The molecule has 2 heterocycles. The van der Waals surface area contributed by atoms with Crippen molar-refractivity contribution in [3.63, 3.8) is 0 Å². The highest BCUT2D eigenvalue weighted by Crippen LogP contribution is 2.21. The zero-order chi connectivity index (χ0) is 18.0. The van der Waals surface area contributed by atoms with Crippen LogP contribution in [0.1, 0.15) is 50.1 Å². The van der Waals surface area contributed by atoms with E-state index in [2.05, 4.69) is 25.5 Å². The van der Waals surface area contributed by atoms with Crippen molar-refractivity contribution < 1.29 is 9.21 Å². The topological polar surface area (TPSA) is 96.7 Å². The fraction of sp³-hybridized carbons (Fsp3) is 0.412. The second-order valence-electron chi connectivity index (χ2n) is 6.27. The first-order valence-corrected chi connectivity index (χ1v) is 9.12. The number of aromatic nitrogens is 4. The van der Waals surface area contributed by atoms with Crippen LogP contribution >= 0.6 is 11.8 Å². The van der Waals surface area contributed by atoms with E-state index in [1.54, 1.807) is 0 Å². The normalized spacial score (nSPS) is 12.7. The molecule has 0 radical (unpaired) electrons. The number of aromatic amines is 1. The van der Waals surface area contributed by atoms with Gasteiger partial charge >= 0.3 is 0 Å². The average Bonchev–Trinajstić information content (AvgIpc) is 3.19. The fourth-order valence-electron chi connectivity index (χ4n) is 2.30.